The predicted octanol–water partition coefficient (Wildman–Crippen LogP) is 1.45. The van der Waals surface area contributed by atoms with Crippen LogP contribution >= 0.6 is 0 Å². The lowest BCUT2D eigenvalue weighted by molar-refractivity contribution is -0.141. The van der Waals surface area contributed by atoms with Crippen LogP contribution in [0.5, 0.6) is 11.5 Å². The van der Waals surface area contributed by atoms with E-state index in [4.69, 9.17) is 18.9 Å². The average molecular weight is 353 g/mol. The molecule has 0 saturated carbocycles. The van der Waals surface area contributed by atoms with Gasteiger partial charge in [-0.05, 0) is 6.07 Å². The summed E-state index contributed by atoms with van der Waals surface area (Å²) in [5, 5.41) is 0. The highest BCUT2D eigenvalue weighted by atomic mass is 16.5. The van der Waals surface area contributed by atoms with Crippen LogP contribution in [-0.4, -0.2) is 58.7 Å². The summed E-state index contributed by atoms with van der Waals surface area (Å²) in [6.07, 6.45) is 0.674. The third-order valence-electron chi connectivity index (χ3n) is 3.33. The summed E-state index contributed by atoms with van der Waals surface area (Å²) in [6, 6.07) is 3.22. The Hall–Kier alpha value is -2.77. The Balaban J connectivity index is 3.09. The number of methoxy groups -OCH3 is 2. The van der Waals surface area contributed by atoms with Crippen LogP contribution in [0.4, 0.5) is 5.69 Å². The van der Waals surface area contributed by atoms with E-state index in [1.54, 1.807) is 12.1 Å². The molecule has 0 spiro atoms. The molecule has 0 saturated heterocycles. The molecule has 0 amide bonds. The van der Waals surface area contributed by atoms with E-state index >= 15 is 0 Å². The number of anilines is 1. The number of ether oxygens (including phenoxy) is 4. The maximum absolute atomic E-state index is 11.2. The summed E-state index contributed by atoms with van der Waals surface area (Å²) in [7, 11) is 2.94. The first kappa shape index (κ1) is 20.3. The van der Waals surface area contributed by atoms with Gasteiger partial charge in [-0.3, -0.25) is 14.4 Å². The molecule has 0 aromatic heterocycles. The molecule has 0 radical (unpaired) electrons. The molecule has 0 aliphatic rings. The van der Waals surface area contributed by atoms with Crippen molar-refractivity contribution in [3.8, 4) is 11.5 Å². The lowest BCUT2D eigenvalue weighted by atomic mass is 10.1. The zero-order chi connectivity index (χ0) is 18.8. The fraction of sp³-hybridized carbons (Fsp3) is 0.471. The zero-order valence-corrected chi connectivity index (χ0v) is 14.9. The molecule has 0 atom stereocenters. The van der Waals surface area contributed by atoms with E-state index in [0.717, 1.165) is 0 Å². The fourth-order valence-electron chi connectivity index (χ4n) is 2.20. The van der Waals surface area contributed by atoms with Crippen molar-refractivity contribution in [1.82, 2.24) is 0 Å². The minimum atomic E-state index is -0.388. The van der Waals surface area contributed by atoms with Gasteiger partial charge in [-0.2, -0.15) is 0 Å². The van der Waals surface area contributed by atoms with Crippen molar-refractivity contribution in [2.45, 2.75) is 13.8 Å². The molecule has 138 valence electrons. The molecule has 0 bridgehead atoms. The van der Waals surface area contributed by atoms with Crippen LogP contribution in [0, 0.1) is 0 Å². The monoisotopic (exact) mass is 353 g/mol. The highest BCUT2D eigenvalue weighted by Crippen LogP contribution is 2.34. The molecule has 0 aliphatic heterocycles. The van der Waals surface area contributed by atoms with Crippen molar-refractivity contribution < 1.29 is 33.3 Å². The van der Waals surface area contributed by atoms with Gasteiger partial charge in [0.2, 0.25) is 0 Å². The Morgan fingerprint density at radius 3 is 1.88 bits per heavy atom. The van der Waals surface area contributed by atoms with Gasteiger partial charge in [0.25, 0.3) is 0 Å². The molecule has 25 heavy (non-hydrogen) atoms. The lowest BCUT2D eigenvalue weighted by Gasteiger charge is -2.27. The van der Waals surface area contributed by atoms with Gasteiger partial charge in [0.1, 0.15) is 24.7 Å². The number of aldehydes is 1. The maximum atomic E-state index is 11.2. The topological polar surface area (TPSA) is 91.4 Å². The molecule has 1 aromatic rings. The molecule has 0 heterocycles. The van der Waals surface area contributed by atoms with Gasteiger partial charge in [0, 0.05) is 19.9 Å². The number of nitrogens with zero attached hydrogens (tertiary/aromatic N) is 1. The maximum Gasteiger partial charge on any atom is 0.302 e. The van der Waals surface area contributed by atoms with E-state index in [0.29, 0.717) is 42.1 Å². The van der Waals surface area contributed by atoms with Crippen molar-refractivity contribution in [2.75, 3.05) is 45.4 Å². The van der Waals surface area contributed by atoms with Crippen LogP contribution in [0.2, 0.25) is 0 Å². The minimum absolute atomic E-state index is 0.149. The van der Waals surface area contributed by atoms with Crippen LogP contribution < -0.4 is 14.4 Å². The smallest absolute Gasteiger partial charge is 0.302 e. The van der Waals surface area contributed by atoms with E-state index in [1.165, 1.54) is 28.1 Å². The molecule has 0 aliphatic carbocycles. The Morgan fingerprint density at radius 2 is 1.48 bits per heavy atom. The number of rotatable bonds is 10. The Bertz CT molecular complexity index is 595. The number of hydrogen-bond acceptors (Lipinski definition) is 8. The lowest BCUT2D eigenvalue weighted by Crippen LogP contribution is -2.32. The predicted molar refractivity (Wildman–Crippen MR) is 90.4 cm³/mol. The van der Waals surface area contributed by atoms with E-state index in [9.17, 15) is 14.4 Å². The first-order chi connectivity index (χ1) is 11.9. The summed E-state index contributed by atoms with van der Waals surface area (Å²) >= 11 is 0. The van der Waals surface area contributed by atoms with Crippen LogP contribution in [0.25, 0.3) is 0 Å². The average Bonchev–Trinajstić information content (AvgIpc) is 2.58. The summed E-state index contributed by atoms with van der Waals surface area (Å²) in [5.74, 6) is 0.0610. The van der Waals surface area contributed by atoms with E-state index < -0.39 is 0 Å². The number of benzene rings is 1. The third kappa shape index (κ3) is 6.33. The first-order valence-electron chi connectivity index (χ1n) is 7.65. The largest absolute Gasteiger partial charge is 0.496 e. The summed E-state index contributed by atoms with van der Waals surface area (Å²) in [4.78, 5) is 34.9. The Kier molecular flexibility index (Phi) is 8.25. The molecule has 8 heteroatoms. The van der Waals surface area contributed by atoms with Gasteiger partial charge >= 0.3 is 11.9 Å². The van der Waals surface area contributed by atoms with E-state index in [2.05, 4.69) is 0 Å². The van der Waals surface area contributed by atoms with Gasteiger partial charge in [-0.25, -0.2) is 0 Å². The van der Waals surface area contributed by atoms with Gasteiger partial charge < -0.3 is 23.8 Å². The van der Waals surface area contributed by atoms with Crippen LogP contribution in [-0.2, 0) is 19.1 Å². The van der Waals surface area contributed by atoms with Gasteiger partial charge in [0.05, 0.1) is 38.6 Å². The van der Waals surface area contributed by atoms with Crippen LogP contribution in [0.15, 0.2) is 12.1 Å². The molecule has 0 unspecified atom stereocenters. The number of esters is 2. The summed E-state index contributed by atoms with van der Waals surface area (Å²) < 4.78 is 20.5. The van der Waals surface area contributed by atoms with Crippen LogP contribution in [0.1, 0.15) is 24.2 Å². The molecular weight excluding hydrogens is 330 g/mol. The van der Waals surface area contributed by atoms with Crippen molar-refractivity contribution in [2.24, 2.45) is 0 Å². The second kappa shape index (κ2) is 10.2. The van der Waals surface area contributed by atoms with Crippen molar-refractivity contribution in [1.29, 1.82) is 0 Å². The Labute approximate surface area is 146 Å². The highest BCUT2D eigenvalue weighted by molar-refractivity contribution is 5.83. The van der Waals surface area contributed by atoms with Gasteiger partial charge in [-0.15, -0.1) is 0 Å². The molecule has 1 rings (SSSR count). The number of hydrogen-bond donors (Lipinski definition) is 0. The van der Waals surface area contributed by atoms with E-state index in [1.807, 2.05) is 4.90 Å². The van der Waals surface area contributed by atoms with E-state index in [-0.39, 0.29) is 25.2 Å². The highest BCUT2D eigenvalue weighted by Gasteiger charge is 2.17. The second-order valence-corrected chi connectivity index (χ2v) is 5.05. The van der Waals surface area contributed by atoms with Gasteiger partial charge in [-0.1, -0.05) is 0 Å². The molecule has 0 N–H and O–H groups in total. The second-order valence-electron chi connectivity index (χ2n) is 5.05. The molecule has 1 aromatic carbocycles. The summed E-state index contributed by atoms with van der Waals surface area (Å²) in [5.41, 5.74) is 0.979. The molecular formula is C17H23NO7. The quantitative estimate of drug-likeness (QED) is 0.461. The summed E-state index contributed by atoms with van der Waals surface area (Å²) in [6.45, 7) is 3.64. The number of carbonyl (C=O) groups is 3. The first-order valence-corrected chi connectivity index (χ1v) is 7.65. The SMILES string of the molecule is COc1cc(N(CCOC(C)=O)CCOC(C)=O)c(OC)cc1C=O. The van der Waals surface area contributed by atoms with Crippen molar-refractivity contribution >= 4 is 23.9 Å². The van der Waals surface area contributed by atoms with Crippen LogP contribution in [0.3, 0.4) is 0 Å². The fourth-order valence-corrected chi connectivity index (χ4v) is 2.20. The molecule has 0 fully saturated rings. The third-order valence-corrected chi connectivity index (χ3v) is 3.33. The number of carbonyl (C=O) groups excluding carboxylic acids is 3. The van der Waals surface area contributed by atoms with Crippen molar-refractivity contribution in [3.05, 3.63) is 17.7 Å². The standard InChI is InChI=1S/C17H23NO7/c1-12(20)24-7-5-18(6-8-25-13(2)21)15-10-16(22-3)14(11-19)9-17(15)23-4/h9-11H,5-8H2,1-4H3. The minimum Gasteiger partial charge on any atom is -0.496 e. The zero-order valence-electron chi connectivity index (χ0n) is 14.9. The van der Waals surface area contributed by atoms with Crippen molar-refractivity contribution in [3.63, 3.8) is 0 Å². The molecule has 8 nitrogen and oxygen atoms in total. The normalized spacial score (nSPS) is 9.92. The Morgan fingerprint density at radius 1 is 0.960 bits per heavy atom. The van der Waals surface area contributed by atoms with Gasteiger partial charge in [0.15, 0.2) is 6.29 Å².